The summed E-state index contributed by atoms with van der Waals surface area (Å²) in [7, 11) is 2.17. The molecule has 12 heteroatoms. The molecule has 2 atom stereocenters. The molecule has 7 rings (SSSR count). The van der Waals surface area contributed by atoms with Gasteiger partial charge in [-0.15, -0.1) is 23.1 Å². The fourth-order valence-electron chi connectivity index (χ4n) is 6.13. The van der Waals surface area contributed by atoms with E-state index in [-0.39, 0.29) is 23.6 Å². The minimum absolute atomic E-state index is 0.0852. The highest BCUT2D eigenvalue weighted by atomic mass is 32.2. The van der Waals surface area contributed by atoms with Crippen molar-refractivity contribution in [2.24, 2.45) is 0 Å². The maximum Gasteiger partial charge on any atom is 0.420 e. The highest BCUT2D eigenvalue weighted by Gasteiger charge is 2.39. The van der Waals surface area contributed by atoms with Crippen LogP contribution in [0.2, 0.25) is 0 Å². The number of fused-ring (bicyclic) bond motifs is 1. The van der Waals surface area contributed by atoms with Crippen molar-refractivity contribution in [2.75, 3.05) is 42.7 Å². The molecule has 1 amide bonds. The molecule has 1 N–H and O–H groups in total. The number of benzene rings is 1. The van der Waals surface area contributed by atoms with Crippen LogP contribution in [0, 0.1) is 0 Å². The molecule has 7 nitrogen and oxygen atoms in total. The summed E-state index contributed by atoms with van der Waals surface area (Å²) in [6.45, 7) is 7.02. The van der Waals surface area contributed by atoms with Gasteiger partial charge in [-0.1, -0.05) is 0 Å². The zero-order chi connectivity index (χ0) is 30.0. The number of rotatable bonds is 6. The molecule has 228 valence electrons. The Hall–Kier alpha value is -2.83. The number of halogens is 3. The minimum atomic E-state index is -4.63. The number of carbonyl (C=O) groups excluding carboxylic acids is 1. The van der Waals surface area contributed by atoms with Crippen LogP contribution in [0.1, 0.15) is 66.2 Å². The lowest BCUT2D eigenvalue weighted by Gasteiger charge is -2.43. The van der Waals surface area contributed by atoms with Crippen LogP contribution in [0.4, 0.5) is 30.5 Å². The summed E-state index contributed by atoms with van der Waals surface area (Å²) in [5.74, 6) is 1.16. The van der Waals surface area contributed by atoms with Gasteiger partial charge in [0, 0.05) is 66.0 Å². The van der Waals surface area contributed by atoms with Crippen LogP contribution in [0.15, 0.2) is 35.4 Å². The number of nitrogens with zero attached hydrogens (tertiary/aromatic N) is 5. The van der Waals surface area contributed by atoms with Gasteiger partial charge in [0.1, 0.15) is 10.4 Å². The van der Waals surface area contributed by atoms with E-state index in [4.69, 9.17) is 0 Å². The van der Waals surface area contributed by atoms with Gasteiger partial charge in [0.15, 0.2) is 0 Å². The first-order valence-corrected chi connectivity index (χ1v) is 16.8. The molecule has 0 bridgehead atoms. The molecular formula is C31H35F3N6OS2. The molecule has 2 saturated carbocycles. The van der Waals surface area contributed by atoms with Gasteiger partial charge in [0.2, 0.25) is 5.95 Å². The number of hydrogen-bond donors (Lipinski definition) is 1. The van der Waals surface area contributed by atoms with Crippen molar-refractivity contribution in [1.29, 1.82) is 0 Å². The quantitative estimate of drug-likeness (QED) is 0.313. The largest absolute Gasteiger partial charge is 0.420 e. The second kappa shape index (κ2) is 11.0. The number of aromatic nitrogens is 2. The molecule has 43 heavy (non-hydrogen) atoms. The van der Waals surface area contributed by atoms with E-state index in [2.05, 4.69) is 58.1 Å². The fourth-order valence-corrected chi connectivity index (χ4v) is 8.45. The van der Waals surface area contributed by atoms with Gasteiger partial charge in [-0.3, -0.25) is 9.69 Å². The van der Waals surface area contributed by atoms with Gasteiger partial charge in [-0.05, 0) is 82.3 Å². The number of thiophene rings is 1. The predicted molar refractivity (Wildman–Crippen MR) is 166 cm³/mol. The van der Waals surface area contributed by atoms with Crippen molar-refractivity contribution < 1.29 is 18.0 Å². The average Bonchev–Trinajstić information content (AvgIpc) is 3.90. The first kappa shape index (κ1) is 28.9. The van der Waals surface area contributed by atoms with Crippen molar-refractivity contribution in [3.05, 3.63) is 46.5 Å². The number of nitrogens with one attached hydrogen (secondary N) is 1. The summed E-state index contributed by atoms with van der Waals surface area (Å²) >= 11 is 2.63. The van der Waals surface area contributed by atoms with E-state index in [1.54, 1.807) is 6.07 Å². The van der Waals surface area contributed by atoms with Gasteiger partial charge in [-0.25, -0.2) is 9.97 Å². The lowest BCUT2D eigenvalue weighted by atomic mass is 10.0. The maximum atomic E-state index is 14.2. The molecule has 0 radical (unpaired) electrons. The van der Waals surface area contributed by atoms with Gasteiger partial charge < -0.3 is 15.1 Å². The molecule has 1 aromatic carbocycles. The van der Waals surface area contributed by atoms with Crippen molar-refractivity contribution in [2.45, 2.75) is 74.6 Å². The first-order valence-electron chi connectivity index (χ1n) is 15.0. The Morgan fingerprint density at radius 1 is 1.05 bits per heavy atom. The fraction of sp³-hybridized carbons (Fsp3) is 0.516. The second-order valence-corrected chi connectivity index (χ2v) is 14.5. The lowest BCUT2D eigenvalue weighted by molar-refractivity contribution is -0.137. The Morgan fingerprint density at radius 2 is 1.79 bits per heavy atom. The van der Waals surface area contributed by atoms with E-state index in [1.807, 2.05) is 11.0 Å². The molecule has 0 unspecified atom stereocenters. The number of piperazine rings is 1. The van der Waals surface area contributed by atoms with Crippen LogP contribution in [0.3, 0.4) is 0 Å². The molecule has 3 fully saturated rings. The van der Waals surface area contributed by atoms with E-state index in [0.29, 0.717) is 34.3 Å². The molecule has 1 saturated heterocycles. The number of likely N-dealkylation sites (N-methyl/N-ethyl adjacent to an activating group) is 1. The molecule has 4 heterocycles. The van der Waals surface area contributed by atoms with Crippen molar-refractivity contribution in [1.82, 2.24) is 19.8 Å². The van der Waals surface area contributed by atoms with Crippen LogP contribution in [0.25, 0.3) is 10.6 Å². The Kier molecular flexibility index (Phi) is 7.37. The predicted octanol–water partition coefficient (Wildman–Crippen LogP) is 7.08. The summed E-state index contributed by atoms with van der Waals surface area (Å²) in [5.41, 5.74) is 2.03. The number of anilines is 3. The van der Waals surface area contributed by atoms with Crippen LogP contribution < -0.4 is 10.2 Å². The first-order chi connectivity index (χ1) is 20.6. The summed E-state index contributed by atoms with van der Waals surface area (Å²) in [4.78, 5) is 30.1. The summed E-state index contributed by atoms with van der Waals surface area (Å²) in [6.07, 6.45) is 0.360. The Morgan fingerprint density at radius 3 is 2.47 bits per heavy atom. The average molecular weight is 629 g/mol. The smallest absolute Gasteiger partial charge is 0.368 e. The summed E-state index contributed by atoms with van der Waals surface area (Å²) in [6, 6.07) is 9.12. The number of hydrogen-bond acceptors (Lipinski definition) is 8. The second-order valence-electron chi connectivity index (χ2n) is 12.3. The van der Waals surface area contributed by atoms with E-state index < -0.39 is 11.7 Å². The number of carbonyl (C=O) groups is 1. The number of amides is 1. The maximum absolute atomic E-state index is 14.2. The van der Waals surface area contributed by atoms with Crippen LogP contribution in [0.5, 0.6) is 0 Å². The van der Waals surface area contributed by atoms with Gasteiger partial charge in [0.05, 0.1) is 10.6 Å². The van der Waals surface area contributed by atoms with E-state index in [9.17, 15) is 18.0 Å². The van der Waals surface area contributed by atoms with E-state index >= 15 is 0 Å². The summed E-state index contributed by atoms with van der Waals surface area (Å²) in [5, 5.41) is 3.26. The van der Waals surface area contributed by atoms with Crippen molar-refractivity contribution in [3.8, 4) is 10.6 Å². The Labute approximate surface area is 257 Å². The normalized spacial score (nSPS) is 23.3. The van der Waals surface area contributed by atoms with Crippen molar-refractivity contribution >= 4 is 46.3 Å². The Balaban J connectivity index is 1.21. The lowest BCUT2D eigenvalue weighted by Crippen LogP contribution is -2.55. The van der Waals surface area contributed by atoms with Crippen LogP contribution in [-0.4, -0.2) is 76.2 Å². The SMILES string of the molecule is C[C@@H]1CN(c2ccc(Nc3ncc(C(F)(F)F)c(-c4cc5c(s4)C(=O)N(C4CC4)CCS5)n3)c(C3CC3)c2)C[C@H](C)N1C. The van der Waals surface area contributed by atoms with E-state index in [0.717, 1.165) is 83.9 Å². The highest BCUT2D eigenvalue weighted by Crippen LogP contribution is 2.47. The van der Waals surface area contributed by atoms with Gasteiger partial charge in [0.25, 0.3) is 5.91 Å². The topological polar surface area (TPSA) is 64.6 Å². The molecule has 2 aliphatic carbocycles. The summed E-state index contributed by atoms with van der Waals surface area (Å²) < 4.78 is 42.6. The third-order valence-corrected chi connectivity index (χ3v) is 11.4. The van der Waals surface area contributed by atoms with Crippen LogP contribution >= 0.6 is 23.1 Å². The third kappa shape index (κ3) is 5.73. The number of alkyl halides is 3. The zero-order valence-corrected chi connectivity index (χ0v) is 26.1. The van der Waals surface area contributed by atoms with E-state index in [1.165, 1.54) is 11.8 Å². The number of thioether (sulfide) groups is 1. The third-order valence-electron chi connectivity index (χ3n) is 9.08. The molecule has 2 aromatic heterocycles. The zero-order valence-electron chi connectivity index (χ0n) is 24.4. The molecular weight excluding hydrogens is 594 g/mol. The molecule has 3 aromatic rings. The highest BCUT2D eigenvalue weighted by molar-refractivity contribution is 7.99. The standard InChI is InChI=1S/C31H35F3N6OS2/c1-17-15-39(16-18(2)38(17)3)21-8-9-24(22(12-21)19-4-5-19)36-30-35-14-23(31(32,33)34)27(37-30)25-13-26-28(43-25)29(41)40(10-11-42-26)20-6-7-20/h8-9,12-14,17-20H,4-7,10-11,15-16H2,1-3H3,(H,35,36,37)/t17-,18+. The minimum Gasteiger partial charge on any atom is -0.368 e. The van der Waals surface area contributed by atoms with Crippen molar-refractivity contribution in [3.63, 3.8) is 0 Å². The Bertz CT molecular complexity index is 1540. The molecule has 4 aliphatic rings. The molecule has 0 spiro atoms. The monoisotopic (exact) mass is 628 g/mol. The van der Waals surface area contributed by atoms with Gasteiger partial charge in [-0.2, -0.15) is 13.2 Å². The van der Waals surface area contributed by atoms with Gasteiger partial charge >= 0.3 is 6.18 Å². The van der Waals surface area contributed by atoms with Crippen LogP contribution in [-0.2, 0) is 6.18 Å². The molecule has 2 aliphatic heterocycles.